The van der Waals surface area contributed by atoms with Crippen LogP contribution in [0.3, 0.4) is 0 Å². The summed E-state index contributed by atoms with van der Waals surface area (Å²) in [4.78, 5) is 38.5. The lowest BCUT2D eigenvalue weighted by molar-refractivity contribution is -0.116. The van der Waals surface area contributed by atoms with Crippen molar-refractivity contribution in [3.63, 3.8) is 0 Å². The zero-order chi connectivity index (χ0) is 20.5. The van der Waals surface area contributed by atoms with Crippen LogP contribution in [-0.4, -0.2) is 15.0 Å². The highest BCUT2D eigenvalue weighted by atomic mass is 32.1. The molecule has 29 heavy (non-hydrogen) atoms. The van der Waals surface area contributed by atoms with Crippen LogP contribution in [0, 0.1) is 13.8 Å². The smallest absolute Gasteiger partial charge is 0.332 e. The Morgan fingerprint density at radius 3 is 2.69 bits per heavy atom. The topological polar surface area (TPSA) is 86.2 Å². The summed E-state index contributed by atoms with van der Waals surface area (Å²) in [5, 5.41) is 4.59. The van der Waals surface area contributed by atoms with E-state index in [0.29, 0.717) is 21.7 Å². The number of nitrogens with one attached hydrogen (secondary N) is 1. The molecule has 0 radical (unpaired) electrons. The Morgan fingerprint density at radius 1 is 1.14 bits per heavy atom. The Labute approximate surface area is 169 Å². The Balaban J connectivity index is 1.71. The average molecular weight is 409 g/mol. The molecule has 148 valence electrons. The third-order valence-corrected chi connectivity index (χ3v) is 5.58. The summed E-state index contributed by atoms with van der Waals surface area (Å²) in [5.41, 5.74) is 2.25. The van der Waals surface area contributed by atoms with Crippen LogP contribution >= 0.6 is 11.3 Å². The number of furan rings is 1. The SMILES string of the molecule is Cc1ccc(NC(=O)Cn2c(=O)n(Cc3ccco3)c(=O)c3sccc32)c(C)c1. The molecule has 0 aliphatic carbocycles. The van der Waals surface area contributed by atoms with Crippen LogP contribution in [0.25, 0.3) is 10.2 Å². The van der Waals surface area contributed by atoms with Crippen LogP contribution in [0.4, 0.5) is 5.69 Å². The molecule has 0 aliphatic rings. The van der Waals surface area contributed by atoms with E-state index in [-0.39, 0.29) is 24.6 Å². The van der Waals surface area contributed by atoms with Crippen molar-refractivity contribution < 1.29 is 9.21 Å². The minimum absolute atomic E-state index is 0.0111. The molecule has 8 heteroatoms. The summed E-state index contributed by atoms with van der Waals surface area (Å²) < 4.78 is 8.13. The first-order valence-corrected chi connectivity index (χ1v) is 9.92. The third-order valence-electron chi connectivity index (χ3n) is 4.69. The predicted octanol–water partition coefficient (Wildman–Crippen LogP) is 3.12. The molecule has 7 nitrogen and oxygen atoms in total. The van der Waals surface area contributed by atoms with Gasteiger partial charge in [-0.15, -0.1) is 11.3 Å². The number of rotatable bonds is 5. The van der Waals surface area contributed by atoms with Gasteiger partial charge in [-0.1, -0.05) is 17.7 Å². The minimum Gasteiger partial charge on any atom is -0.467 e. The molecule has 1 amide bonds. The van der Waals surface area contributed by atoms with Crippen molar-refractivity contribution in [1.29, 1.82) is 0 Å². The maximum absolute atomic E-state index is 13.0. The van der Waals surface area contributed by atoms with Crippen molar-refractivity contribution in [1.82, 2.24) is 9.13 Å². The van der Waals surface area contributed by atoms with E-state index in [1.54, 1.807) is 23.6 Å². The first-order valence-electron chi connectivity index (χ1n) is 9.04. The van der Waals surface area contributed by atoms with E-state index in [4.69, 9.17) is 4.42 Å². The van der Waals surface area contributed by atoms with E-state index < -0.39 is 5.69 Å². The fraction of sp³-hybridized carbons (Fsp3) is 0.190. The lowest BCUT2D eigenvalue weighted by Crippen LogP contribution is -2.41. The van der Waals surface area contributed by atoms with Crippen molar-refractivity contribution in [2.45, 2.75) is 26.9 Å². The normalized spacial score (nSPS) is 11.1. The number of carbonyl (C=O) groups is 1. The van der Waals surface area contributed by atoms with Gasteiger partial charge in [-0.3, -0.25) is 18.7 Å². The fourth-order valence-electron chi connectivity index (χ4n) is 3.27. The predicted molar refractivity (Wildman–Crippen MR) is 113 cm³/mol. The second-order valence-corrected chi connectivity index (χ2v) is 7.76. The van der Waals surface area contributed by atoms with Gasteiger partial charge in [-0.2, -0.15) is 0 Å². The van der Waals surface area contributed by atoms with Gasteiger partial charge in [-0.25, -0.2) is 4.79 Å². The number of fused-ring (bicyclic) bond motifs is 1. The fourth-order valence-corrected chi connectivity index (χ4v) is 4.11. The largest absolute Gasteiger partial charge is 0.467 e. The zero-order valence-electron chi connectivity index (χ0n) is 16.0. The molecule has 0 spiro atoms. The molecular formula is C21H19N3O4S. The Morgan fingerprint density at radius 2 is 1.97 bits per heavy atom. The lowest BCUT2D eigenvalue weighted by atomic mass is 10.1. The van der Waals surface area contributed by atoms with E-state index >= 15 is 0 Å². The molecule has 0 saturated carbocycles. The molecule has 0 atom stereocenters. The third kappa shape index (κ3) is 3.66. The van der Waals surface area contributed by atoms with Gasteiger partial charge in [0.25, 0.3) is 5.56 Å². The van der Waals surface area contributed by atoms with E-state index in [0.717, 1.165) is 15.7 Å². The summed E-state index contributed by atoms with van der Waals surface area (Å²) in [6, 6.07) is 10.8. The van der Waals surface area contributed by atoms with Crippen molar-refractivity contribution in [3.8, 4) is 0 Å². The van der Waals surface area contributed by atoms with Gasteiger partial charge in [0.1, 0.15) is 17.0 Å². The quantitative estimate of drug-likeness (QED) is 0.549. The Kier molecular flexibility index (Phi) is 4.94. The first-order chi connectivity index (χ1) is 13.9. The maximum Gasteiger partial charge on any atom is 0.332 e. The second-order valence-electron chi connectivity index (χ2n) is 6.84. The standard InChI is InChI=1S/C21H19N3O4S/c1-13-5-6-16(14(2)10-13)22-18(25)12-23-17-7-9-29-19(17)20(26)24(21(23)27)11-15-4-3-8-28-15/h3-10H,11-12H2,1-2H3,(H,22,25). The van der Waals surface area contributed by atoms with Gasteiger partial charge in [0.05, 0.1) is 18.3 Å². The molecule has 0 saturated heterocycles. The van der Waals surface area contributed by atoms with Crippen LogP contribution in [0.15, 0.2) is 62.0 Å². The number of carbonyl (C=O) groups excluding carboxylic acids is 1. The second kappa shape index (κ2) is 7.56. The number of nitrogens with zero attached hydrogens (tertiary/aromatic N) is 2. The number of hydrogen-bond donors (Lipinski definition) is 1. The van der Waals surface area contributed by atoms with E-state index in [9.17, 15) is 14.4 Å². The van der Waals surface area contributed by atoms with Crippen LogP contribution < -0.4 is 16.6 Å². The van der Waals surface area contributed by atoms with Crippen molar-refractivity contribution in [3.05, 3.63) is 85.8 Å². The van der Waals surface area contributed by atoms with Gasteiger partial charge in [-0.05, 0) is 49.1 Å². The number of amides is 1. The Bertz CT molecular complexity index is 1310. The molecule has 0 aliphatic heterocycles. The van der Waals surface area contributed by atoms with Crippen LogP contribution in [0.1, 0.15) is 16.9 Å². The molecule has 0 unspecified atom stereocenters. The van der Waals surface area contributed by atoms with E-state index in [1.807, 2.05) is 32.0 Å². The summed E-state index contributed by atoms with van der Waals surface area (Å²) in [6.45, 7) is 3.71. The monoisotopic (exact) mass is 409 g/mol. The number of aryl methyl sites for hydroxylation is 2. The number of anilines is 1. The number of thiophene rings is 1. The van der Waals surface area contributed by atoms with E-state index in [2.05, 4.69) is 5.32 Å². The zero-order valence-corrected chi connectivity index (χ0v) is 16.8. The molecule has 0 fully saturated rings. The summed E-state index contributed by atoms with van der Waals surface area (Å²) in [6.07, 6.45) is 1.49. The number of benzene rings is 1. The van der Waals surface area contributed by atoms with Crippen molar-refractivity contribution in [2.75, 3.05) is 5.32 Å². The van der Waals surface area contributed by atoms with Crippen molar-refractivity contribution in [2.24, 2.45) is 0 Å². The van der Waals surface area contributed by atoms with Crippen LogP contribution in [0.5, 0.6) is 0 Å². The van der Waals surface area contributed by atoms with E-state index in [1.165, 1.54) is 22.2 Å². The molecule has 4 rings (SSSR count). The summed E-state index contributed by atoms with van der Waals surface area (Å²) >= 11 is 1.24. The lowest BCUT2D eigenvalue weighted by Gasteiger charge is -2.13. The minimum atomic E-state index is -0.548. The highest BCUT2D eigenvalue weighted by Gasteiger charge is 2.17. The maximum atomic E-state index is 13.0. The molecule has 1 N–H and O–H groups in total. The molecule has 4 aromatic rings. The average Bonchev–Trinajstić information content (AvgIpc) is 3.36. The summed E-state index contributed by atoms with van der Waals surface area (Å²) in [5.74, 6) is 0.154. The van der Waals surface area contributed by atoms with Crippen LogP contribution in [0.2, 0.25) is 0 Å². The Hall–Kier alpha value is -3.39. The van der Waals surface area contributed by atoms with Crippen LogP contribution in [-0.2, 0) is 17.9 Å². The summed E-state index contributed by atoms with van der Waals surface area (Å²) in [7, 11) is 0. The van der Waals surface area contributed by atoms with Crippen molar-refractivity contribution >= 4 is 33.1 Å². The molecular weight excluding hydrogens is 390 g/mol. The van der Waals surface area contributed by atoms with Gasteiger partial charge in [0, 0.05) is 5.69 Å². The molecule has 0 bridgehead atoms. The molecule has 3 aromatic heterocycles. The number of hydrogen-bond acceptors (Lipinski definition) is 5. The van der Waals surface area contributed by atoms with Gasteiger partial charge < -0.3 is 9.73 Å². The van der Waals surface area contributed by atoms with Gasteiger partial charge >= 0.3 is 5.69 Å². The highest BCUT2D eigenvalue weighted by Crippen LogP contribution is 2.18. The molecule has 3 heterocycles. The highest BCUT2D eigenvalue weighted by molar-refractivity contribution is 7.17. The van der Waals surface area contributed by atoms with Gasteiger partial charge in [0.15, 0.2) is 0 Å². The first kappa shape index (κ1) is 18.9. The molecule has 1 aromatic carbocycles. The van der Waals surface area contributed by atoms with Gasteiger partial charge in [0.2, 0.25) is 5.91 Å². The number of aromatic nitrogens is 2.